The Bertz CT molecular complexity index is 931. The fraction of sp³-hybridized carbons (Fsp3) is 0.391. The minimum atomic E-state index is -0.367. The number of aromatic hydroxyl groups is 1. The summed E-state index contributed by atoms with van der Waals surface area (Å²) in [6.07, 6.45) is 1.45. The van der Waals surface area contributed by atoms with Gasteiger partial charge in [-0.2, -0.15) is 0 Å². The molecule has 1 heterocycles. The number of phenolic OH excluding ortho intramolecular Hbond substituents is 1. The van der Waals surface area contributed by atoms with Gasteiger partial charge >= 0.3 is 11.9 Å². The van der Waals surface area contributed by atoms with Gasteiger partial charge in [0.05, 0.1) is 18.6 Å². The lowest BCUT2D eigenvalue weighted by Gasteiger charge is -2.18. The molecule has 0 bridgehead atoms. The first kappa shape index (κ1) is 21.5. The molecule has 0 unspecified atom stereocenters. The molecule has 0 radical (unpaired) electrons. The Balaban J connectivity index is 1.85. The average Bonchev–Trinajstić information content (AvgIpc) is 3.13. The van der Waals surface area contributed by atoms with Crippen molar-refractivity contribution in [2.45, 2.75) is 33.3 Å². The van der Waals surface area contributed by atoms with Gasteiger partial charge in [0.1, 0.15) is 19.8 Å². The van der Waals surface area contributed by atoms with E-state index in [1.807, 2.05) is 19.9 Å². The van der Waals surface area contributed by atoms with Gasteiger partial charge in [0.25, 0.3) is 0 Å². The third-order valence-electron chi connectivity index (χ3n) is 5.22. The molecule has 0 spiro atoms. The maximum atomic E-state index is 12.1. The number of cyclic esters (lactones) is 1. The monoisotopic (exact) mass is 414 g/mol. The zero-order valence-corrected chi connectivity index (χ0v) is 17.4. The van der Waals surface area contributed by atoms with Crippen LogP contribution in [0.5, 0.6) is 17.2 Å². The Labute approximate surface area is 175 Å². The number of methoxy groups -OCH3 is 1. The van der Waals surface area contributed by atoms with Crippen LogP contribution in [0.2, 0.25) is 0 Å². The third kappa shape index (κ3) is 4.20. The minimum absolute atomic E-state index is 0.0715. The molecule has 0 aromatic heterocycles. The lowest BCUT2D eigenvalue weighted by Crippen LogP contribution is -2.19. The number of rotatable bonds is 9. The molecule has 7 nitrogen and oxygen atoms in total. The van der Waals surface area contributed by atoms with E-state index in [9.17, 15) is 14.7 Å². The molecular weight excluding hydrogens is 388 g/mol. The molecule has 3 rings (SSSR count). The molecule has 0 atom stereocenters. The zero-order valence-electron chi connectivity index (χ0n) is 17.4. The molecule has 0 fully saturated rings. The summed E-state index contributed by atoms with van der Waals surface area (Å²) >= 11 is 0. The van der Waals surface area contributed by atoms with E-state index < -0.39 is 0 Å². The molecular formula is C23H26O7. The molecule has 160 valence electrons. The molecule has 7 heteroatoms. The van der Waals surface area contributed by atoms with Crippen LogP contribution < -0.4 is 9.47 Å². The highest BCUT2D eigenvalue weighted by molar-refractivity contribution is 5.96. The second-order valence-electron chi connectivity index (χ2n) is 6.93. The molecule has 30 heavy (non-hydrogen) atoms. The van der Waals surface area contributed by atoms with E-state index >= 15 is 0 Å². The standard InChI is InChI=1S/C23H26O7/c1-4-14(5-2)22(25)29-12-11-28-20-16(9-10-19(24)21(20)27-3)15-7-6-8-17-18(15)13-30-23(17)26/h6-10,14,24H,4-5,11-13H2,1-3H3. The van der Waals surface area contributed by atoms with Gasteiger partial charge in [0, 0.05) is 11.1 Å². The second-order valence-corrected chi connectivity index (χ2v) is 6.93. The number of benzene rings is 2. The lowest BCUT2D eigenvalue weighted by molar-refractivity contribution is -0.149. The van der Waals surface area contributed by atoms with Crippen molar-refractivity contribution < 1.29 is 33.6 Å². The van der Waals surface area contributed by atoms with E-state index in [1.165, 1.54) is 13.2 Å². The quantitative estimate of drug-likeness (QED) is 0.488. The fourth-order valence-corrected chi connectivity index (χ4v) is 3.53. The van der Waals surface area contributed by atoms with E-state index in [-0.39, 0.29) is 49.2 Å². The lowest BCUT2D eigenvalue weighted by atomic mass is 9.96. The maximum absolute atomic E-state index is 12.1. The summed E-state index contributed by atoms with van der Waals surface area (Å²) in [6.45, 7) is 4.22. The molecule has 1 aliphatic heterocycles. The van der Waals surface area contributed by atoms with Gasteiger partial charge in [0.15, 0.2) is 11.5 Å². The van der Waals surface area contributed by atoms with Crippen molar-refractivity contribution >= 4 is 11.9 Å². The highest BCUT2D eigenvalue weighted by atomic mass is 16.6. The summed E-state index contributed by atoms with van der Waals surface area (Å²) in [5.74, 6) is -0.340. The highest BCUT2D eigenvalue weighted by Gasteiger charge is 2.27. The summed E-state index contributed by atoms with van der Waals surface area (Å²) in [7, 11) is 1.43. The average molecular weight is 414 g/mol. The number of hydrogen-bond donors (Lipinski definition) is 1. The summed E-state index contributed by atoms with van der Waals surface area (Å²) in [4.78, 5) is 24.0. The van der Waals surface area contributed by atoms with Crippen LogP contribution >= 0.6 is 0 Å². The van der Waals surface area contributed by atoms with Crippen molar-refractivity contribution in [3.63, 3.8) is 0 Å². The summed E-state index contributed by atoms with van der Waals surface area (Å²) in [5, 5.41) is 10.2. The SMILES string of the molecule is CCC(CC)C(=O)OCCOc1c(-c2cccc3c2COC3=O)ccc(O)c1OC. The first-order valence-corrected chi connectivity index (χ1v) is 10.0. The molecule has 0 aliphatic carbocycles. The van der Waals surface area contributed by atoms with Crippen LogP contribution in [0.3, 0.4) is 0 Å². The van der Waals surface area contributed by atoms with Crippen LogP contribution in [0.15, 0.2) is 30.3 Å². The molecule has 0 saturated heterocycles. The third-order valence-corrected chi connectivity index (χ3v) is 5.22. The van der Waals surface area contributed by atoms with Gasteiger partial charge in [-0.3, -0.25) is 4.79 Å². The van der Waals surface area contributed by atoms with Gasteiger partial charge in [0.2, 0.25) is 5.75 Å². The van der Waals surface area contributed by atoms with Crippen molar-refractivity contribution in [1.82, 2.24) is 0 Å². The number of fused-ring (bicyclic) bond motifs is 1. The first-order valence-electron chi connectivity index (χ1n) is 10.0. The molecule has 0 saturated carbocycles. The van der Waals surface area contributed by atoms with Crippen LogP contribution in [0.25, 0.3) is 11.1 Å². The van der Waals surface area contributed by atoms with Crippen molar-refractivity contribution in [3.8, 4) is 28.4 Å². The summed E-state index contributed by atoms with van der Waals surface area (Å²) in [6, 6.07) is 8.53. The number of carbonyl (C=O) groups is 2. The molecule has 1 N–H and O–H groups in total. The van der Waals surface area contributed by atoms with Crippen molar-refractivity contribution in [1.29, 1.82) is 0 Å². The maximum Gasteiger partial charge on any atom is 0.338 e. The molecule has 2 aromatic rings. The highest BCUT2D eigenvalue weighted by Crippen LogP contribution is 2.45. The van der Waals surface area contributed by atoms with Crippen LogP contribution in [0, 0.1) is 5.92 Å². The predicted molar refractivity (Wildman–Crippen MR) is 110 cm³/mol. The number of carbonyl (C=O) groups excluding carboxylic acids is 2. The van der Waals surface area contributed by atoms with Gasteiger partial charge < -0.3 is 24.1 Å². The molecule has 2 aromatic carbocycles. The Morgan fingerprint density at radius 3 is 2.50 bits per heavy atom. The Morgan fingerprint density at radius 2 is 1.80 bits per heavy atom. The Kier molecular flexibility index (Phi) is 6.82. The van der Waals surface area contributed by atoms with E-state index in [2.05, 4.69) is 0 Å². The summed E-state index contributed by atoms with van der Waals surface area (Å²) in [5.41, 5.74) is 2.65. The minimum Gasteiger partial charge on any atom is -0.504 e. The van der Waals surface area contributed by atoms with Crippen LogP contribution in [-0.4, -0.2) is 37.4 Å². The largest absolute Gasteiger partial charge is 0.504 e. The smallest absolute Gasteiger partial charge is 0.338 e. The number of ether oxygens (including phenoxy) is 4. The van der Waals surface area contributed by atoms with Crippen molar-refractivity contribution in [2.24, 2.45) is 5.92 Å². The van der Waals surface area contributed by atoms with Gasteiger partial charge in [-0.05, 0) is 36.6 Å². The molecule has 0 amide bonds. The normalized spacial score (nSPS) is 12.5. The second kappa shape index (κ2) is 9.52. The topological polar surface area (TPSA) is 91.3 Å². The summed E-state index contributed by atoms with van der Waals surface area (Å²) < 4.78 is 21.7. The Morgan fingerprint density at radius 1 is 1.07 bits per heavy atom. The van der Waals surface area contributed by atoms with Gasteiger partial charge in [-0.1, -0.05) is 26.0 Å². The number of phenols is 1. The van der Waals surface area contributed by atoms with Gasteiger partial charge in [-0.25, -0.2) is 4.79 Å². The van der Waals surface area contributed by atoms with Crippen LogP contribution in [0.4, 0.5) is 0 Å². The Hall–Kier alpha value is -3.22. The van der Waals surface area contributed by atoms with Crippen LogP contribution in [-0.2, 0) is 20.9 Å². The van der Waals surface area contributed by atoms with Crippen molar-refractivity contribution in [3.05, 3.63) is 41.5 Å². The van der Waals surface area contributed by atoms with E-state index in [4.69, 9.17) is 18.9 Å². The van der Waals surface area contributed by atoms with Gasteiger partial charge in [-0.15, -0.1) is 0 Å². The zero-order chi connectivity index (χ0) is 21.7. The molecule has 1 aliphatic rings. The van der Waals surface area contributed by atoms with E-state index in [1.54, 1.807) is 18.2 Å². The van der Waals surface area contributed by atoms with E-state index in [0.29, 0.717) is 16.9 Å². The predicted octanol–water partition coefficient (Wildman–Crippen LogP) is 4.10. The van der Waals surface area contributed by atoms with E-state index in [0.717, 1.165) is 24.0 Å². The number of hydrogen-bond acceptors (Lipinski definition) is 7. The van der Waals surface area contributed by atoms with Crippen LogP contribution in [0.1, 0.15) is 42.6 Å². The number of esters is 2. The first-order chi connectivity index (χ1) is 14.5. The fourth-order valence-electron chi connectivity index (χ4n) is 3.53. The van der Waals surface area contributed by atoms with Crippen molar-refractivity contribution in [2.75, 3.05) is 20.3 Å².